The number of nitrogens with two attached hydrogens (primary N) is 1. The summed E-state index contributed by atoms with van der Waals surface area (Å²) < 4.78 is 0. The van der Waals surface area contributed by atoms with Crippen molar-refractivity contribution in [1.29, 1.82) is 0 Å². The van der Waals surface area contributed by atoms with Gasteiger partial charge in [-0.3, -0.25) is 5.43 Å². The minimum absolute atomic E-state index is 0.233. The van der Waals surface area contributed by atoms with Crippen molar-refractivity contribution in [2.24, 2.45) is 5.73 Å². The monoisotopic (exact) mass is 149 g/mol. The number of hydrazine groups is 1. The predicted molar refractivity (Wildman–Crippen MR) is 43.3 cm³/mol. The van der Waals surface area contributed by atoms with Crippen molar-refractivity contribution >= 4 is 12.6 Å². The quantitative estimate of drug-likeness (QED) is 0.291. The molecule has 1 atom stereocenters. The smallest absolute Gasteiger partial charge is 0.0635 e. The molecule has 0 aliphatic heterocycles. The average Bonchev–Trinajstić information content (AvgIpc) is 1.82. The minimum Gasteiger partial charge on any atom is -0.329 e. The summed E-state index contributed by atoms with van der Waals surface area (Å²) in [6.45, 7) is 3.46. The van der Waals surface area contributed by atoms with E-state index in [0.717, 1.165) is 6.54 Å². The minimum atomic E-state index is 0.233. The Morgan fingerprint density at radius 3 is 2.67 bits per heavy atom. The molecule has 0 fully saturated rings. The maximum atomic E-state index is 5.26. The molecule has 0 aliphatic rings. The normalized spacial score (nSPS) is 14.3. The zero-order valence-corrected chi connectivity index (χ0v) is 6.86. The van der Waals surface area contributed by atoms with Crippen LogP contribution in [0, 0.1) is 0 Å². The van der Waals surface area contributed by atoms with Gasteiger partial charge in [0.25, 0.3) is 0 Å². The zero-order valence-electron chi connectivity index (χ0n) is 5.96. The molecule has 0 amide bonds. The number of nitrogens with one attached hydrogen (secondary N) is 1. The molecular weight excluding hydrogens is 134 g/mol. The molecule has 0 rings (SSSR count). The molecular formula is C5H15N3S. The summed E-state index contributed by atoms with van der Waals surface area (Å²) in [5.41, 5.74) is 8.33. The molecule has 0 heterocycles. The van der Waals surface area contributed by atoms with Crippen LogP contribution in [0.15, 0.2) is 0 Å². The van der Waals surface area contributed by atoms with Crippen molar-refractivity contribution in [2.75, 3.05) is 20.1 Å². The van der Waals surface area contributed by atoms with E-state index in [9.17, 15) is 0 Å². The van der Waals surface area contributed by atoms with Gasteiger partial charge in [0.2, 0.25) is 0 Å². The Bertz CT molecular complexity index is 67.2. The Morgan fingerprint density at radius 1 is 1.78 bits per heavy atom. The predicted octanol–water partition coefficient (Wildman–Crippen LogP) is -0.343. The van der Waals surface area contributed by atoms with E-state index in [0.29, 0.717) is 6.54 Å². The third-order valence-electron chi connectivity index (χ3n) is 1.07. The highest BCUT2D eigenvalue weighted by molar-refractivity contribution is 7.80. The van der Waals surface area contributed by atoms with Gasteiger partial charge in [0.1, 0.15) is 0 Å². The van der Waals surface area contributed by atoms with Crippen molar-refractivity contribution in [3.05, 3.63) is 0 Å². The van der Waals surface area contributed by atoms with Gasteiger partial charge >= 0.3 is 0 Å². The van der Waals surface area contributed by atoms with Crippen LogP contribution < -0.4 is 11.2 Å². The lowest BCUT2D eigenvalue weighted by molar-refractivity contribution is 0.233. The molecule has 0 aliphatic carbocycles. The van der Waals surface area contributed by atoms with Crippen LogP contribution in [0.4, 0.5) is 0 Å². The fourth-order valence-electron chi connectivity index (χ4n) is 0.373. The second kappa shape index (κ2) is 5.05. The summed E-state index contributed by atoms with van der Waals surface area (Å²) in [5.74, 6) is 0. The topological polar surface area (TPSA) is 41.3 Å². The average molecular weight is 149 g/mol. The maximum Gasteiger partial charge on any atom is 0.0635 e. The summed E-state index contributed by atoms with van der Waals surface area (Å²) in [7, 11) is 1.94. The Kier molecular flexibility index (Phi) is 5.18. The van der Waals surface area contributed by atoms with Crippen LogP contribution in [0.3, 0.4) is 0 Å². The molecule has 0 aromatic heterocycles. The molecule has 0 aromatic carbocycles. The van der Waals surface area contributed by atoms with Crippen molar-refractivity contribution in [3.8, 4) is 0 Å². The number of rotatable bonds is 4. The highest BCUT2D eigenvalue weighted by atomic mass is 32.1. The SMILES string of the molecule is CC(S)N(C)NCCN. The van der Waals surface area contributed by atoms with E-state index in [1.54, 1.807) is 0 Å². The first-order valence-corrected chi connectivity index (χ1v) is 3.54. The molecule has 9 heavy (non-hydrogen) atoms. The van der Waals surface area contributed by atoms with Crippen LogP contribution in [0.25, 0.3) is 0 Å². The maximum absolute atomic E-state index is 5.26. The van der Waals surface area contributed by atoms with Crippen LogP contribution in [0.2, 0.25) is 0 Å². The Labute approximate surface area is 62.0 Å². The fraction of sp³-hybridized carbons (Fsp3) is 1.00. The van der Waals surface area contributed by atoms with Crippen LogP contribution in [-0.4, -0.2) is 30.5 Å². The van der Waals surface area contributed by atoms with Gasteiger partial charge in [-0.05, 0) is 6.92 Å². The van der Waals surface area contributed by atoms with E-state index in [-0.39, 0.29) is 5.37 Å². The van der Waals surface area contributed by atoms with E-state index in [4.69, 9.17) is 5.73 Å². The molecule has 0 saturated heterocycles. The van der Waals surface area contributed by atoms with Gasteiger partial charge in [-0.25, -0.2) is 5.01 Å². The van der Waals surface area contributed by atoms with Gasteiger partial charge in [0.05, 0.1) is 5.37 Å². The number of hydrogen-bond acceptors (Lipinski definition) is 4. The fourth-order valence-corrected chi connectivity index (χ4v) is 0.455. The van der Waals surface area contributed by atoms with Gasteiger partial charge in [-0.15, -0.1) is 0 Å². The van der Waals surface area contributed by atoms with Crippen molar-refractivity contribution in [2.45, 2.75) is 12.3 Å². The second-order valence-corrected chi connectivity index (χ2v) is 2.69. The van der Waals surface area contributed by atoms with Crippen molar-refractivity contribution < 1.29 is 0 Å². The molecule has 3 nitrogen and oxygen atoms in total. The lowest BCUT2D eigenvalue weighted by Crippen LogP contribution is -2.41. The molecule has 0 saturated carbocycles. The van der Waals surface area contributed by atoms with Crippen LogP contribution in [0.1, 0.15) is 6.92 Å². The first-order valence-electron chi connectivity index (χ1n) is 3.03. The van der Waals surface area contributed by atoms with Crippen molar-refractivity contribution in [3.63, 3.8) is 0 Å². The number of nitrogens with zero attached hydrogens (tertiary/aromatic N) is 1. The number of thiol groups is 1. The first kappa shape index (κ1) is 9.23. The van der Waals surface area contributed by atoms with Crippen LogP contribution in [0.5, 0.6) is 0 Å². The third-order valence-corrected chi connectivity index (χ3v) is 1.41. The van der Waals surface area contributed by atoms with Crippen molar-refractivity contribution in [1.82, 2.24) is 10.4 Å². The van der Waals surface area contributed by atoms with E-state index < -0.39 is 0 Å². The summed E-state index contributed by atoms with van der Waals surface area (Å²) in [4.78, 5) is 0. The highest BCUT2D eigenvalue weighted by Crippen LogP contribution is 1.93. The van der Waals surface area contributed by atoms with E-state index in [1.165, 1.54) is 0 Å². The lowest BCUT2D eigenvalue weighted by Gasteiger charge is -2.20. The molecule has 0 bridgehead atoms. The van der Waals surface area contributed by atoms with E-state index in [2.05, 4.69) is 18.1 Å². The molecule has 0 radical (unpaired) electrons. The Hall–Kier alpha value is 0.230. The third kappa shape index (κ3) is 4.72. The first-order chi connectivity index (χ1) is 4.18. The lowest BCUT2D eigenvalue weighted by atomic mass is 10.6. The summed E-state index contributed by atoms with van der Waals surface area (Å²) in [6.07, 6.45) is 0. The van der Waals surface area contributed by atoms with Crippen LogP contribution in [-0.2, 0) is 0 Å². The number of hydrogen-bond donors (Lipinski definition) is 3. The molecule has 56 valence electrons. The van der Waals surface area contributed by atoms with E-state index in [1.807, 2.05) is 19.0 Å². The highest BCUT2D eigenvalue weighted by Gasteiger charge is 1.99. The van der Waals surface area contributed by atoms with Gasteiger partial charge in [-0.1, -0.05) is 0 Å². The summed E-state index contributed by atoms with van der Waals surface area (Å²) in [6, 6.07) is 0. The zero-order chi connectivity index (χ0) is 7.28. The summed E-state index contributed by atoms with van der Waals surface area (Å²) >= 11 is 4.19. The standard InChI is InChI=1S/C5H15N3S/c1-5(9)8(2)7-4-3-6/h5,7,9H,3-4,6H2,1-2H3. The molecule has 4 heteroatoms. The molecule has 3 N–H and O–H groups in total. The van der Waals surface area contributed by atoms with E-state index >= 15 is 0 Å². The second-order valence-electron chi connectivity index (χ2n) is 1.94. The molecule has 0 aromatic rings. The Morgan fingerprint density at radius 2 is 2.33 bits per heavy atom. The molecule has 0 spiro atoms. The van der Waals surface area contributed by atoms with Gasteiger partial charge < -0.3 is 5.73 Å². The van der Waals surface area contributed by atoms with Gasteiger partial charge in [-0.2, -0.15) is 12.6 Å². The molecule has 1 unspecified atom stereocenters. The largest absolute Gasteiger partial charge is 0.329 e. The van der Waals surface area contributed by atoms with Gasteiger partial charge in [0.15, 0.2) is 0 Å². The van der Waals surface area contributed by atoms with Crippen LogP contribution >= 0.6 is 12.6 Å². The summed E-state index contributed by atoms with van der Waals surface area (Å²) in [5, 5.41) is 2.15. The van der Waals surface area contributed by atoms with Gasteiger partial charge in [0, 0.05) is 20.1 Å². The Balaban J connectivity index is 3.16.